The summed E-state index contributed by atoms with van der Waals surface area (Å²) in [7, 11) is -4.23. The average molecular weight is 385 g/mol. The number of hydrogen-bond donors (Lipinski definition) is 1. The summed E-state index contributed by atoms with van der Waals surface area (Å²) in [6.07, 6.45) is 6.44. The number of rotatable bonds is 9. The van der Waals surface area contributed by atoms with Gasteiger partial charge in [0, 0.05) is 0 Å². The summed E-state index contributed by atoms with van der Waals surface area (Å²) in [6.45, 7) is 4.29. The van der Waals surface area contributed by atoms with Crippen molar-refractivity contribution in [2.45, 2.75) is 57.6 Å². The van der Waals surface area contributed by atoms with E-state index in [1.807, 2.05) is 48.5 Å². The molecule has 0 heterocycles. The molecule has 3 nitrogen and oxygen atoms in total. The zero-order chi connectivity index (χ0) is 18.3. The van der Waals surface area contributed by atoms with Crippen LogP contribution in [0.4, 0.5) is 0 Å². The van der Waals surface area contributed by atoms with Gasteiger partial charge in [-0.05, 0) is 47.9 Å². The third-order valence-electron chi connectivity index (χ3n) is 4.50. The van der Waals surface area contributed by atoms with Gasteiger partial charge >= 0.3 is 29.6 Å². The van der Waals surface area contributed by atoms with E-state index in [-0.39, 0.29) is 29.6 Å². The molecular weight excluding hydrogens is 355 g/mol. The Bertz CT molecular complexity index is 701. The van der Waals surface area contributed by atoms with E-state index in [1.165, 1.54) is 11.1 Å². The Balaban J connectivity index is 0.00000338. The van der Waals surface area contributed by atoms with E-state index in [1.54, 1.807) is 0 Å². The topological polar surface area (TPSA) is 54.4 Å². The monoisotopic (exact) mass is 384 g/mol. The SMILES string of the molecule is CCCCc1ccc(C(c2ccc(CCCC)cc2)S(=O)(=O)O)cc1.[NaH]. The Hall–Kier alpha value is -0.650. The van der Waals surface area contributed by atoms with Crippen LogP contribution in [0, 0.1) is 0 Å². The van der Waals surface area contributed by atoms with Crippen molar-refractivity contribution in [3.63, 3.8) is 0 Å². The molecule has 5 heteroatoms. The summed E-state index contributed by atoms with van der Waals surface area (Å²) in [6, 6.07) is 15.1. The van der Waals surface area contributed by atoms with Gasteiger partial charge in [0.1, 0.15) is 5.25 Å². The predicted molar refractivity (Wildman–Crippen MR) is 111 cm³/mol. The van der Waals surface area contributed by atoms with Crippen molar-refractivity contribution < 1.29 is 13.0 Å². The van der Waals surface area contributed by atoms with E-state index >= 15 is 0 Å². The van der Waals surface area contributed by atoms with Crippen LogP contribution in [0.15, 0.2) is 48.5 Å². The standard InChI is InChI=1S/C21H28O3S.Na.H/c1-3-5-7-17-9-13-19(14-10-17)21(25(22,23)24)20-15-11-18(12-16-20)8-6-4-2;;/h9-16,21H,3-8H2,1-2H3,(H,22,23,24);;. The minimum absolute atomic E-state index is 0. The Labute approximate surface area is 180 Å². The second kappa shape index (κ2) is 11.3. The van der Waals surface area contributed by atoms with Crippen molar-refractivity contribution in [1.29, 1.82) is 0 Å². The van der Waals surface area contributed by atoms with Crippen molar-refractivity contribution in [2.24, 2.45) is 0 Å². The van der Waals surface area contributed by atoms with E-state index in [4.69, 9.17) is 0 Å². The fourth-order valence-corrected chi connectivity index (χ4v) is 4.02. The Kier molecular flexibility index (Phi) is 10.1. The van der Waals surface area contributed by atoms with E-state index < -0.39 is 15.4 Å². The fourth-order valence-electron chi connectivity index (χ4n) is 3.02. The first-order valence-corrected chi connectivity index (χ1v) is 10.6. The van der Waals surface area contributed by atoms with Gasteiger partial charge in [0.2, 0.25) is 0 Å². The molecule has 2 aromatic rings. The van der Waals surface area contributed by atoms with Gasteiger partial charge in [0.15, 0.2) is 0 Å². The second-order valence-corrected chi connectivity index (χ2v) is 8.09. The Morgan fingerprint density at radius 3 is 1.38 bits per heavy atom. The molecule has 0 saturated heterocycles. The van der Waals surface area contributed by atoms with Gasteiger partial charge in [-0.15, -0.1) is 0 Å². The number of aryl methyl sites for hydroxylation is 2. The molecule has 0 fully saturated rings. The van der Waals surface area contributed by atoms with Crippen molar-refractivity contribution in [2.75, 3.05) is 0 Å². The molecule has 1 N–H and O–H groups in total. The van der Waals surface area contributed by atoms with Crippen LogP contribution in [-0.4, -0.2) is 42.5 Å². The molecule has 0 amide bonds. The van der Waals surface area contributed by atoms with Crippen molar-refractivity contribution in [1.82, 2.24) is 0 Å². The summed E-state index contributed by atoms with van der Waals surface area (Å²) in [5, 5.41) is -1.03. The van der Waals surface area contributed by atoms with E-state index in [0.717, 1.165) is 38.5 Å². The molecular formula is C21H29NaO3S. The molecule has 2 rings (SSSR count). The maximum atomic E-state index is 12.0. The molecule has 0 unspecified atom stereocenters. The molecule has 0 aliphatic heterocycles. The zero-order valence-corrected chi connectivity index (χ0v) is 15.9. The molecule has 0 spiro atoms. The third-order valence-corrected chi connectivity index (χ3v) is 5.64. The van der Waals surface area contributed by atoms with Crippen LogP contribution in [0.3, 0.4) is 0 Å². The summed E-state index contributed by atoms with van der Waals surface area (Å²) in [5.41, 5.74) is 3.58. The third kappa shape index (κ3) is 6.82. The van der Waals surface area contributed by atoms with Crippen LogP contribution in [0.25, 0.3) is 0 Å². The summed E-state index contributed by atoms with van der Waals surface area (Å²) in [4.78, 5) is 0. The summed E-state index contributed by atoms with van der Waals surface area (Å²) < 4.78 is 33.8. The first-order valence-electron chi connectivity index (χ1n) is 9.09. The first-order chi connectivity index (χ1) is 12.0. The molecule has 0 atom stereocenters. The number of hydrogen-bond acceptors (Lipinski definition) is 2. The van der Waals surface area contributed by atoms with Crippen molar-refractivity contribution in [3.8, 4) is 0 Å². The van der Waals surface area contributed by atoms with Gasteiger partial charge in [-0.3, -0.25) is 4.55 Å². The Morgan fingerprint density at radius 1 is 0.769 bits per heavy atom. The second-order valence-electron chi connectivity index (χ2n) is 6.59. The van der Waals surface area contributed by atoms with Crippen LogP contribution in [-0.2, 0) is 23.0 Å². The molecule has 26 heavy (non-hydrogen) atoms. The molecule has 138 valence electrons. The van der Waals surface area contributed by atoms with E-state index in [0.29, 0.717) is 11.1 Å². The fraction of sp³-hybridized carbons (Fsp3) is 0.429. The van der Waals surface area contributed by atoms with Gasteiger partial charge < -0.3 is 0 Å². The minimum atomic E-state index is -4.23. The van der Waals surface area contributed by atoms with Crippen molar-refractivity contribution >= 4 is 39.7 Å². The quantitative estimate of drug-likeness (QED) is 0.504. The van der Waals surface area contributed by atoms with Crippen LogP contribution in [0.2, 0.25) is 0 Å². The van der Waals surface area contributed by atoms with Gasteiger partial charge in [-0.2, -0.15) is 8.42 Å². The van der Waals surface area contributed by atoms with E-state index in [2.05, 4.69) is 13.8 Å². The molecule has 0 bridgehead atoms. The molecule has 0 saturated carbocycles. The van der Waals surface area contributed by atoms with Gasteiger partial charge in [-0.1, -0.05) is 75.2 Å². The van der Waals surface area contributed by atoms with Gasteiger partial charge in [0.05, 0.1) is 0 Å². The molecule has 0 aliphatic rings. The predicted octanol–water partition coefficient (Wildman–Crippen LogP) is 4.70. The normalized spacial score (nSPS) is 11.4. The van der Waals surface area contributed by atoms with Crippen LogP contribution in [0.5, 0.6) is 0 Å². The average Bonchev–Trinajstić information content (AvgIpc) is 2.59. The van der Waals surface area contributed by atoms with Crippen LogP contribution in [0.1, 0.15) is 67.0 Å². The number of unbranched alkanes of at least 4 members (excludes halogenated alkanes) is 2. The molecule has 2 aromatic carbocycles. The van der Waals surface area contributed by atoms with Gasteiger partial charge in [-0.25, -0.2) is 0 Å². The van der Waals surface area contributed by atoms with Crippen LogP contribution >= 0.6 is 0 Å². The molecule has 0 aromatic heterocycles. The van der Waals surface area contributed by atoms with Crippen LogP contribution < -0.4 is 0 Å². The molecule has 0 aliphatic carbocycles. The Morgan fingerprint density at radius 2 is 1.12 bits per heavy atom. The summed E-state index contributed by atoms with van der Waals surface area (Å²) in [5.74, 6) is 0. The maximum absolute atomic E-state index is 12.0. The first kappa shape index (κ1) is 23.4. The van der Waals surface area contributed by atoms with E-state index in [9.17, 15) is 13.0 Å². The van der Waals surface area contributed by atoms with Gasteiger partial charge in [0.25, 0.3) is 10.1 Å². The molecule has 0 radical (unpaired) electrons. The van der Waals surface area contributed by atoms with Crippen molar-refractivity contribution in [3.05, 3.63) is 70.8 Å². The number of benzene rings is 2. The summed E-state index contributed by atoms with van der Waals surface area (Å²) >= 11 is 0. The zero-order valence-electron chi connectivity index (χ0n) is 15.1.